The molecule has 2 aromatic carbocycles. The number of carbonyl (C=O) groups is 2. The fourth-order valence-electron chi connectivity index (χ4n) is 4.85. The van der Waals surface area contributed by atoms with Gasteiger partial charge in [0, 0.05) is 57.2 Å². The number of likely N-dealkylation sites (tertiary alicyclic amines) is 1. The Kier molecular flexibility index (Phi) is 4.11. The first-order valence-electron chi connectivity index (χ1n) is 10.2. The number of H-pyrrole nitrogens is 1. The first-order chi connectivity index (χ1) is 15.0. The van der Waals surface area contributed by atoms with Gasteiger partial charge in [0.15, 0.2) is 0 Å². The van der Waals surface area contributed by atoms with Gasteiger partial charge in [-0.3, -0.25) is 14.6 Å². The van der Waals surface area contributed by atoms with E-state index in [1.807, 2.05) is 53.6 Å². The van der Waals surface area contributed by atoms with Crippen molar-refractivity contribution in [2.45, 2.75) is 6.42 Å². The molecule has 1 aliphatic heterocycles. The lowest BCUT2D eigenvalue weighted by Crippen LogP contribution is -2.35. The van der Waals surface area contributed by atoms with Crippen LogP contribution in [0.4, 0.5) is 5.69 Å². The van der Waals surface area contributed by atoms with Crippen LogP contribution in [-0.4, -0.2) is 39.8 Å². The van der Waals surface area contributed by atoms with Gasteiger partial charge in [-0.2, -0.15) is 0 Å². The van der Waals surface area contributed by atoms with Crippen LogP contribution in [0.1, 0.15) is 16.8 Å². The topological polar surface area (TPSA) is 78.1 Å². The van der Waals surface area contributed by atoms with E-state index in [2.05, 4.69) is 37.9 Å². The van der Waals surface area contributed by atoms with E-state index in [-0.39, 0.29) is 17.7 Å². The molecule has 1 aliphatic carbocycles. The van der Waals surface area contributed by atoms with Gasteiger partial charge in [0.1, 0.15) is 0 Å². The fraction of sp³-hybridized carbons (Fsp3) is 0.208. The average molecular weight is 522 g/mol. The molecule has 31 heavy (non-hydrogen) atoms. The number of piperidine rings is 1. The zero-order valence-electron chi connectivity index (χ0n) is 16.6. The number of hydrogen-bond donors (Lipinski definition) is 2. The van der Waals surface area contributed by atoms with Crippen molar-refractivity contribution in [2.24, 2.45) is 11.3 Å². The highest BCUT2D eigenvalue weighted by molar-refractivity contribution is 14.1. The third kappa shape index (κ3) is 3.02. The van der Waals surface area contributed by atoms with Crippen molar-refractivity contribution in [3.63, 3.8) is 0 Å². The quantitative estimate of drug-likeness (QED) is 0.391. The Morgan fingerprint density at radius 2 is 2.06 bits per heavy atom. The molecular formula is C24H19IN4O2. The number of halogens is 1. The van der Waals surface area contributed by atoms with Crippen LogP contribution in [0.2, 0.25) is 0 Å². The van der Waals surface area contributed by atoms with E-state index < -0.39 is 5.41 Å². The molecule has 1 saturated carbocycles. The summed E-state index contributed by atoms with van der Waals surface area (Å²) in [5.74, 6) is 0.229. The van der Waals surface area contributed by atoms with Crippen molar-refractivity contribution in [3.05, 3.63) is 70.2 Å². The van der Waals surface area contributed by atoms with E-state index >= 15 is 0 Å². The smallest absolute Gasteiger partial charge is 0.256 e. The minimum Gasteiger partial charge on any atom is -0.360 e. The number of rotatable bonds is 3. The SMILES string of the molecule is O=C(c1c[nH]c2ccc(I)cc12)N1C[C@H]2C[C@@]2(C(=O)Nc2ccc3cnccc3c2)C1. The molecule has 0 bridgehead atoms. The molecule has 0 radical (unpaired) electrons. The van der Waals surface area contributed by atoms with E-state index in [1.165, 1.54) is 0 Å². The highest BCUT2D eigenvalue weighted by Crippen LogP contribution is 2.58. The van der Waals surface area contributed by atoms with Crippen LogP contribution in [0.3, 0.4) is 0 Å². The largest absolute Gasteiger partial charge is 0.360 e. The first-order valence-corrected chi connectivity index (χ1v) is 11.3. The zero-order valence-corrected chi connectivity index (χ0v) is 18.7. The number of nitrogens with one attached hydrogen (secondary N) is 2. The van der Waals surface area contributed by atoms with Crippen LogP contribution in [0.5, 0.6) is 0 Å². The van der Waals surface area contributed by atoms with Crippen molar-refractivity contribution < 1.29 is 9.59 Å². The number of aromatic amines is 1. The van der Waals surface area contributed by atoms with Gasteiger partial charge < -0.3 is 15.2 Å². The predicted octanol–water partition coefficient (Wildman–Crippen LogP) is 4.42. The lowest BCUT2D eigenvalue weighted by molar-refractivity contribution is -0.121. The highest BCUT2D eigenvalue weighted by atomic mass is 127. The number of hydrogen-bond acceptors (Lipinski definition) is 3. The van der Waals surface area contributed by atoms with Crippen LogP contribution in [0.25, 0.3) is 21.7 Å². The molecule has 0 unspecified atom stereocenters. The highest BCUT2D eigenvalue weighted by Gasteiger charge is 2.65. The number of aromatic nitrogens is 2. The summed E-state index contributed by atoms with van der Waals surface area (Å²) < 4.78 is 1.09. The lowest BCUT2D eigenvalue weighted by Gasteiger charge is -2.21. The minimum absolute atomic E-state index is 0.00849. The molecule has 7 heteroatoms. The van der Waals surface area contributed by atoms with Crippen molar-refractivity contribution >= 4 is 61.8 Å². The maximum absolute atomic E-state index is 13.2. The third-order valence-corrected chi connectivity index (χ3v) is 7.33. The Hall–Kier alpha value is -2.94. The second kappa shape index (κ2) is 6.78. The van der Waals surface area contributed by atoms with Crippen LogP contribution in [-0.2, 0) is 4.79 Å². The summed E-state index contributed by atoms with van der Waals surface area (Å²) in [6.07, 6.45) is 6.17. The van der Waals surface area contributed by atoms with Gasteiger partial charge in [0.25, 0.3) is 5.91 Å². The number of fused-ring (bicyclic) bond motifs is 3. The predicted molar refractivity (Wildman–Crippen MR) is 128 cm³/mol. The summed E-state index contributed by atoms with van der Waals surface area (Å²) in [7, 11) is 0. The summed E-state index contributed by atoms with van der Waals surface area (Å²) in [5.41, 5.74) is 1.93. The van der Waals surface area contributed by atoms with Gasteiger partial charge in [-0.05, 0) is 76.7 Å². The van der Waals surface area contributed by atoms with E-state index in [1.54, 1.807) is 12.4 Å². The number of carbonyl (C=O) groups excluding carboxylic acids is 2. The maximum atomic E-state index is 13.2. The van der Waals surface area contributed by atoms with Crippen LogP contribution >= 0.6 is 22.6 Å². The molecule has 2 N–H and O–H groups in total. The summed E-state index contributed by atoms with van der Waals surface area (Å²) in [6, 6.07) is 13.8. The molecule has 2 aliphatic rings. The van der Waals surface area contributed by atoms with Crippen molar-refractivity contribution in [1.29, 1.82) is 0 Å². The van der Waals surface area contributed by atoms with Crippen LogP contribution < -0.4 is 5.32 Å². The number of anilines is 1. The van der Waals surface area contributed by atoms with E-state index in [9.17, 15) is 9.59 Å². The summed E-state index contributed by atoms with van der Waals surface area (Å²) in [4.78, 5) is 35.5. The second-order valence-corrected chi connectivity index (χ2v) is 9.77. The molecule has 154 valence electrons. The average Bonchev–Trinajstić information content (AvgIpc) is 3.13. The monoisotopic (exact) mass is 522 g/mol. The normalized spacial score (nSPS) is 22.0. The molecule has 6 rings (SSSR count). The second-order valence-electron chi connectivity index (χ2n) is 8.53. The number of amides is 2. The van der Waals surface area contributed by atoms with Crippen molar-refractivity contribution in [3.8, 4) is 0 Å². The van der Waals surface area contributed by atoms with Gasteiger partial charge in [0.2, 0.25) is 5.91 Å². The summed E-state index contributed by atoms with van der Waals surface area (Å²) >= 11 is 2.26. The Labute approximate surface area is 192 Å². The number of pyridine rings is 1. The van der Waals surface area contributed by atoms with Crippen molar-refractivity contribution in [2.75, 3.05) is 18.4 Å². The molecule has 2 aromatic heterocycles. The van der Waals surface area contributed by atoms with Gasteiger partial charge in [-0.25, -0.2) is 0 Å². The molecule has 2 atom stereocenters. The van der Waals surface area contributed by atoms with Crippen molar-refractivity contribution in [1.82, 2.24) is 14.9 Å². The number of nitrogens with zero attached hydrogens (tertiary/aromatic N) is 2. The molecule has 4 aromatic rings. The molecule has 3 heterocycles. The molecular weight excluding hydrogens is 503 g/mol. The van der Waals surface area contributed by atoms with E-state index in [0.29, 0.717) is 18.7 Å². The molecule has 2 amide bonds. The molecule has 2 fully saturated rings. The van der Waals surface area contributed by atoms with Crippen LogP contribution in [0.15, 0.2) is 61.1 Å². The summed E-state index contributed by atoms with van der Waals surface area (Å²) in [6.45, 7) is 1.10. The molecule has 1 saturated heterocycles. The lowest BCUT2D eigenvalue weighted by atomic mass is 10.0. The van der Waals surface area contributed by atoms with E-state index in [4.69, 9.17) is 0 Å². The van der Waals surface area contributed by atoms with Gasteiger partial charge >= 0.3 is 0 Å². The standard InChI is InChI=1S/C24H19IN4O2/c25-17-2-4-21-19(8-17)20(11-27-21)22(30)29-12-16-9-24(16,13-29)23(31)28-18-3-1-15-10-26-6-5-14(15)7-18/h1-8,10-11,16,27H,9,12-13H2,(H,28,31)/t16-,24-/m1/s1. The van der Waals surface area contributed by atoms with Gasteiger partial charge in [-0.15, -0.1) is 0 Å². The minimum atomic E-state index is -0.469. The van der Waals surface area contributed by atoms with E-state index in [0.717, 1.165) is 37.4 Å². The van der Waals surface area contributed by atoms with Gasteiger partial charge in [0.05, 0.1) is 11.0 Å². The summed E-state index contributed by atoms with van der Waals surface area (Å²) in [5, 5.41) is 6.09. The Morgan fingerprint density at radius 1 is 1.16 bits per heavy atom. The zero-order chi connectivity index (χ0) is 21.2. The fourth-order valence-corrected chi connectivity index (χ4v) is 5.34. The van der Waals surface area contributed by atoms with Crippen LogP contribution in [0, 0.1) is 14.9 Å². The third-order valence-electron chi connectivity index (χ3n) is 6.66. The Morgan fingerprint density at radius 3 is 2.97 bits per heavy atom. The first kappa shape index (κ1) is 18.8. The Bertz CT molecular complexity index is 1380. The molecule has 6 nitrogen and oxygen atoms in total. The molecule has 0 spiro atoms. The Balaban J connectivity index is 1.21. The number of benzene rings is 2. The maximum Gasteiger partial charge on any atom is 0.256 e. The van der Waals surface area contributed by atoms with Gasteiger partial charge in [-0.1, -0.05) is 6.07 Å².